The van der Waals surface area contributed by atoms with Crippen LogP contribution in [0.3, 0.4) is 0 Å². The third-order valence-corrected chi connectivity index (χ3v) is 5.72. The van der Waals surface area contributed by atoms with E-state index in [0.717, 1.165) is 10.8 Å². The van der Waals surface area contributed by atoms with Crippen molar-refractivity contribution < 1.29 is 22.5 Å². The molecular formula is C14H16O5Si. The van der Waals surface area contributed by atoms with Gasteiger partial charge in [0.2, 0.25) is 0 Å². The number of benzene rings is 1. The second kappa shape index (κ2) is 6.15. The van der Waals surface area contributed by atoms with Gasteiger partial charge in [-0.3, -0.25) is 4.79 Å². The first-order valence-electron chi connectivity index (χ1n) is 6.00. The molecule has 0 N–H and O–H groups in total. The number of rotatable bonds is 6. The standard InChI is InChI=1S/C14H16O5Si/c1-16-20(17-2,18-3)13-7-4-11(5-8-13)14-9-6-12(10-15)19-14/h4-10H,1-3H3. The second-order valence-corrected chi connectivity index (χ2v) is 6.98. The van der Waals surface area contributed by atoms with Crippen LogP contribution in [0.5, 0.6) is 0 Å². The van der Waals surface area contributed by atoms with E-state index in [0.29, 0.717) is 17.8 Å². The summed E-state index contributed by atoms with van der Waals surface area (Å²) in [7, 11) is 1.89. The molecule has 2 rings (SSSR count). The van der Waals surface area contributed by atoms with Crippen molar-refractivity contribution in [3.8, 4) is 11.3 Å². The molecule has 0 fully saturated rings. The molecule has 0 saturated carbocycles. The van der Waals surface area contributed by atoms with Gasteiger partial charge in [-0.25, -0.2) is 0 Å². The van der Waals surface area contributed by atoms with Crippen molar-refractivity contribution in [3.63, 3.8) is 0 Å². The van der Waals surface area contributed by atoms with Crippen LogP contribution in [0.25, 0.3) is 11.3 Å². The zero-order valence-electron chi connectivity index (χ0n) is 11.6. The van der Waals surface area contributed by atoms with Crippen molar-refractivity contribution in [2.45, 2.75) is 0 Å². The third kappa shape index (κ3) is 2.59. The first-order chi connectivity index (χ1) is 9.69. The van der Waals surface area contributed by atoms with Crippen molar-refractivity contribution in [3.05, 3.63) is 42.2 Å². The average Bonchev–Trinajstić information content (AvgIpc) is 2.99. The highest BCUT2D eigenvalue weighted by Crippen LogP contribution is 2.21. The largest absolute Gasteiger partial charge is 0.536 e. The summed E-state index contributed by atoms with van der Waals surface area (Å²) in [6.07, 6.45) is 0.677. The second-order valence-electron chi connectivity index (χ2n) is 4.07. The molecule has 0 spiro atoms. The Morgan fingerprint density at radius 2 is 1.55 bits per heavy atom. The minimum Gasteiger partial charge on any atom is -0.453 e. The molecule has 6 heteroatoms. The predicted molar refractivity (Wildman–Crippen MR) is 75.9 cm³/mol. The van der Waals surface area contributed by atoms with Gasteiger partial charge in [0.15, 0.2) is 12.0 Å². The lowest BCUT2D eigenvalue weighted by atomic mass is 10.2. The monoisotopic (exact) mass is 292 g/mol. The van der Waals surface area contributed by atoms with Gasteiger partial charge in [-0.15, -0.1) is 0 Å². The van der Waals surface area contributed by atoms with E-state index < -0.39 is 8.80 Å². The lowest BCUT2D eigenvalue weighted by Gasteiger charge is -2.24. The maximum absolute atomic E-state index is 10.6. The molecule has 0 aliphatic carbocycles. The molecule has 0 radical (unpaired) electrons. The summed E-state index contributed by atoms with van der Waals surface area (Å²) < 4.78 is 21.6. The van der Waals surface area contributed by atoms with Crippen molar-refractivity contribution in [1.29, 1.82) is 0 Å². The van der Waals surface area contributed by atoms with Gasteiger partial charge in [0.05, 0.1) is 0 Å². The number of furan rings is 1. The maximum Gasteiger partial charge on any atom is 0.536 e. The van der Waals surface area contributed by atoms with E-state index in [1.165, 1.54) is 0 Å². The van der Waals surface area contributed by atoms with Gasteiger partial charge in [-0.1, -0.05) is 24.3 Å². The molecule has 5 nitrogen and oxygen atoms in total. The summed E-state index contributed by atoms with van der Waals surface area (Å²) in [5, 5.41) is 0.857. The fraction of sp³-hybridized carbons (Fsp3) is 0.214. The lowest BCUT2D eigenvalue weighted by Crippen LogP contribution is -2.54. The zero-order valence-corrected chi connectivity index (χ0v) is 12.6. The Bertz CT molecular complexity index is 563. The molecule has 0 aliphatic heterocycles. The first kappa shape index (κ1) is 14.7. The quantitative estimate of drug-likeness (QED) is 0.600. The topological polar surface area (TPSA) is 57.9 Å². The Balaban J connectivity index is 2.32. The van der Waals surface area contributed by atoms with Crippen molar-refractivity contribution >= 4 is 20.3 Å². The van der Waals surface area contributed by atoms with Gasteiger partial charge in [-0.05, 0) is 12.1 Å². The predicted octanol–water partition coefficient (Wildman–Crippen LogP) is 1.84. The Morgan fingerprint density at radius 1 is 0.950 bits per heavy atom. The molecule has 2 aromatic rings. The van der Waals surface area contributed by atoms with Gasteiger partial charge in [0, 0.05) is 32.1 Å². The molecule has 0 unspecified atom stereocenters. The Labute approximate surface area is 118 Å². The van der Waals surface area contributed by atoms with E-state index in [1.54, 1.807) is 33.5 Å². The van der Waals surface area contributed by atoms with Gasteiger partial charge in [0.25, 0.3) is 0 Å². The fourth-order valence-corrected chi connectivity index (χ4v) is 3.80. The van der Waals surface area contributed by atoms with Gasteiger partial charge >= 0.3 is 8.80 Å². The minimum atomic E-state index is -2.81. The molecule has 0 amide bonds. The lowest BCUT2D eigenvalue weighted by molar-refractivity contribution is 0.110. The first-order valence-corrected chi connectivity index (χ1v) is 7.73. The minimum absolute atomic E-state index is 0.304. The molecule has 106 valence electrons. The van der Waals surface area contributed by atoms with E-state index in [2.05, 4.69) is 0 Å². The Kier molecular flexibility index (Phi) is 4.51. The summed E-state index contributed by atoms with van der Waals surface area (Å²) in [4.78, 5) is 10.6. The van der Waals surface area contributed by atoms with E-state index in [-0.39, 0.29) is 0 Å². The van der Waals surface area contributed by atoms with Crippen LogP contribution < -0.4 is 5.19 Å². The van der Waals surface area contributed by atoms with E-state index in [9.17, 15) is 4.79 Å². The van der Waals surface area contributed by atoms with Crippen molar-refractivity contribution in [2.75, 3.05) is 21.3 Å². The van der Waals surface area contributed by atoms with Crippen molar-refractivity contribution in [2.24, 2.45) is 0 Å². The van der Waals surface area contributed by atoms with Gasteiger partial charge in [-0.2, -0.15) is 0 Å². The van der Waals surface area contributed by atoms with Gasteiger partial charge < -0.3 is 17.7 Å². The summed E-state index contributed by atoms with van der Waals surface area (Å²) >= 11 is 0. The Hall–Kier alpha value is -1.73. The summed E-state index contributed by atoms with van der Waals surface area (Å²) in [6.45, 7) is 0. The molecule has 20 heavy (non-hydrogen) atoms. The van der Waals surface area contributed by atoms with Crippen LogP contribution in [0, 0.1) is 0 Å². The van der Waals surface area contributed by atoms with Crippen LogP contribution in [0.2, 0.25) is 0 Å². The molecule has 0 bridgehead atoms. The van der Waals surface area contributed by atoms with Crippen LogP contribution in [0.15, 0.2) is 40.8 Å². The number of carbonyl (C=O) groups excluding carboxylic acids is 1. The SMILES string of the molecule is CO[Si](OC)(OC)c1ccc(-c2ccc(C=O)o2)cc1. The molecule has 1 aromatic heterocycles. The molecule has 1 aromatic carbocycles. The highest BCUT2D eigenvalue weighted by molar-refractivity contribution is 6.75. The van der Waals surface area contributed by atoms with E-state index in [1.807, 2.05) is 24.3 Å². The van der Waals surface area contributed by atoms with Crippen LogP contribution in [0.1, 0.15) is 10.6 Å². The van der Waals surface area contributed by atoms with Crippen LogP contribution in [-0.4, -0.2) is 36.4 Å². The van der Waals surface area contributed by atoms with E-state index >= 15 is 0 Å². The van der Waals surface area contributed by atoms with Crippen LogP contribution >= 0.6 is 0 Å². The van der Waals surface area contributed by atoms with E-state index in [4.69, 9.17) is 17.7 Å². The summed E-state index contributed by atoms with van der Waals surface area (Å²) in [5.41, 5.74) is 0.869. The van der Waals surface area contributed by atoms with Crippen molar-refractivity contribution in [1.82, 2.24) is 0 Å². The van der Waals surface area contributed by atoms with Crippen LogP contribution in [0.4, 0.5) is 0 Å². The normalized spacial score (nSPS) is 11.6. The molecular weight excluding hydrogens is 276 g/mol. The molecule has 0 saturated heterocycles. The number of aldehydes is 1. The zero-order chi connectivity index (χ0) is 14.6. The number of hydrogen-bond donors (Lipinski definition) is 0. The molecule has 1 heterocycles. The maximum atomic E-state index is 10.6. The fourth-order valence-electron chi connectivity index (χ4n) is 2.01. The third-order valence-electron chi connectivity index (χ3n) is 3.07. The number of carbonyl (C=O) groups is 1. The highest BCUT2D eigenvalue weighted by atomic mass is 28.4. The van der Waals surface area contributed by atoms with Gasteiger partial charge in [0.1, 0.15) is 5.76 Å². The molecule has 0 aliphatic rings. The Morgan fingerprint density at radius 3 is 2.00 bits per heavy atom. The average molecular weight is 292 g/mol. The summed E-state index contributed by atoms with van der Waals surface area (Å²) in [6, 6.07) is 10.9. The number of hydrogen-bond acceptors (Lipinski definition) is 5. The summed E-state index contributed by atoms with van der Waals surface area (Å²) in [5.74, 6) is 0.941. The van der Waals surface area contributed by atoms with Crippen LogP contribution in [-0.2, 0) is 13.3 Å². The molecule has 0 atom stereocenters. The highest BCUT2D eigenvalue weighted by Gasteiger charge is 2.40. The smallest absolute Gasteiger partial charge is 0.453 e.